The van der Waals surface area contributed by atoms with Crippen molar-refractivity contribution in [2.24, 2.45) is 0 Å². The van der Waals surface area contributed by atoms with Crippen molar-refractivity contribution in [3.05, 3.63) is 51.0 Å². The number of nitrogens with zero attached hydrogens (tertiary/aromatic N) is 2. The summed E-state index contributed by atoms with van der Waals surface area (Å²) in [6, 6.07) is 6.04. The van der Waals surface area contributed by atoms with Crippen LogP contribution in [0.5, 0.6) is 0 Å². The van der Waals surface area contributed by atoms with Crippen LogP contribution in [0, 0.1) is 13.8 Å². The number of hydrogen-bond acceptors (Lipinski definition) is 4. The van der Waals surface area contributed by atoms with Crippen LogP contribution in [-0.4, -0.2) is 41.3 Å². The van der Waals surface area contributed by atoms with E-state index in [0.29, 0.717) is 12.5 Å². The molecule has 1 aromatic heterocycles. The Balaban J connectivity index is 1.55. The van der Waals surface area contributed by atoms with Crippen LogP contribution in [0.25, 0.3) is 0 Å². The minimum atomic E-state index is -0.00806. The lowest BCUT2D eigenvalue weighted by Crippen LogP contribution is -2.38. The van der Waals surface area contributed by atoms with Gasteiger partial charge in [-0.2, -0.15) is 0 Å². The molecule has 0 unspecified atom stereocenters. The van der Waals surface area contributed by atoms with Crippen molar-refractivity contribution >= 4 is 23.2 Å². The Hall–Kier alpha value is -2.21. The van der Waals surface area contributed by atoms with E-state index in [2.05, 4.69) is 16.8 Å². The van der Waals surface area contributed by atoms with Gasteiger partial charge in [0.25, 0.3) is 5.91 Å². The highest BCUT2D eigenvalue weighted by atomic mass is 32.1. The number of piperidine rings is 1. The molecule has 6 heteroatoms. The van der Waals surface area contributed by atoms with Crippen molar-refractivity contribution in [2.45, 2.75) is 46.0 Å². The number of benzene rings is 1. The number of aryl methyl sites for hydroxylation is 2. The lowest BCUT2D eigenvalue weighted by Gasteiger charge is -2.31. The standard InChI is InChI=1S/C21H27N3O2S/c1-14-10-15(2)12-18(11-14)21(26)24-8-5-17(6-9-24)20-23-19(13-27-20)4-7-22-16(3)25/h10-13,17H,4-9H2,1-3H3,(H,22,25). The summed E-state index contributed by atoms with van der Waals surface area (Å²) in [5, 5.41) is 6.05. The minimum Gasteiger partial charge on any atom is -0.356 e. The molecule has 1 aromatic carbocycles. The van der Waals surface area contributed by atoms with Gasteiger partial charge >= 0.3 is 0 Å². The zero-order valence-electron chi connectivity index (χ0n) is 16.2. The molecular formula is C21H27N3O2S. The second-order valence-corrected chi connectivity index (χ2v) is 8.24. The summed E-state index contributed by atoms with van der Waals surface area (Å²) in [6.45, 7) is 7.76. The second kappa shape index (κ2) is 8.65. The predicted octanol–water partition coefficient (Wildman–Crippen LogP) is 3.46. The molecule has 1 N–H and O–H groups in total. The number of aromatic nitrogens is 1. The first-order valence-electron chi connectivity index (χ1n) is 9.48. The van der Waals surface area contributed by atoms with Gasteiger partial charge in [-0.1, -0.05) is 17.2 Å². The van der Waals surface area contributed by atoms with Crippen LogP contribution in [0.1, 0.15) is 57.9 Å². The molecule has 27 heavy (non-hydrogen) atoms. The van der Waals surface area contributed by atoms with Gasteiger partial charge in [-0.25, -0.2) is 4.98 Å². The van der Waals surface area contributed by atoms with Crippen LogP contribution >= 0.6 is 11.3 Å². The van der Waals surface area contributed by atoms with Crippen molar-refractivity contribution < 1.29 is 9.59 Å². The number of nitrogens with one attached hydrogen (secondary N) is 1. The number of amides is 2. The van der Waals surface area contributed by atoms with Gasteiger partial charge in [-0.05, 0) is 38.8 Å². The van der Waals surface area contributed by atoms with Crippen LogP contribution in [0.15, 0.2) is 23.6 Å². The van der Waals surface area contributed by atoms with Crippen molar-refractivity contribution in [3.63, 3.8) is 0 Å². The molecule has 0 saturated carbocycles. The minimum absolute atomic E-state index is 0.00806. The van der Waals surface area contributed by atoms with Gasteiger partial charge in [0.15, 0.2) is 0 Å². The third-order valence-corrected chi connectivity index (χ3v) is 5.98. The van der Waals surface area contributed by atoms with E-state index in [0.717, 1.165) is 59.7 Å². The van der Waals surface area contributed by atoms with E-state index in [1.807, 2.05) is 30.9 Å². The topological polar surface area (TPSA) is 62.3 Å². The van der Waals surface area contributed by atoms with Crippen molar-refractivity contribution in [2.75, 3.05) is 19.6 Å². The molecule has 1 saturated heterocycles. The SMILES string of the molecule is CC(=O)NCCc1csc(C2CCN(C(=O)c3cc(C)cc(C)c3)CC2)n1. The average molecular weight is 386 g/mol. The van der Waals surface area contributed by atoms with Gasteiger partial charge in [0.2, 0.25) is 5.91 Å². The Morgan fingerprint density at radius 3 is 2.48 bits per heavy atom. The van der Waals surface area contributed by atoms with Gasteiger partial charge in [-0.3, -0.25) is 9.59 Å². The molecule has 1 fully saturated rings. The first-order chi connectivity index (χ1) is 12.9. The van der Waals surface area contributed by atoms with Crippen molar-refractivity contribution in [3.8, 4) is 0 Å². The van der Waals surface area contributed by atoms with Crippen LogP contribution in [-0.2, 0) is 11.2 Å². The third-order valence-electron chi connectivity index (χ3n) is 4.92. The fourth-order valence-corrected chi connectivity index (χ4v) is 4.63. The molecule has 144 valence electrons. The van der Waals surface area contributed by atoms with Crippen molar-refractivity contribution in [1.29, 1.82) is 0 Å². The smallest absolute Gasteiger partial charge is 0.253 e. The number of likely N-dealkylation sites (tertiary alicyclic amines) is 1. The Bertz CT molecular complexity index is 802. The molecule has 1 aliphatic rings. The number of carbonyl (C=O) groups excluding carboxylic acids is 2. The first-order valence-corrected chi connectivity index (χ1v) is 10.4. The van der Waals surface area contributed by atoms with Crippen LogP contribution < -0.4 is 5.32 Å². The summed E-state index contributed by atoms with van der Waals surface area (Å²) in [5.41, 5.74) is 4.09. The summed E-state index contributed by atoms with van der Waals surface area (Å²) < 4.78 is 0. The molecule has 2 heterocycles. The summed E-state index contributed by atoms with van der Waals surface area (Å²) in [5.74, 6) is 0.550. The number of hydrogen-bond donors (Lipinski definition) is 1. The highest BCUT2D eigenvalue weighted by molar-refractivity contribution is 7.09. The normalized spacial score (nSPS) is 15.0. The Kier molecular flexibility index (Phi) is 6.26. The van der Waals surface area contributed by atoms with Gasteiger partial charge in [0, 0.05) is 49.8 Å². The third kappa shape index (κ3) is 5.16. The van der Waals surface area contributed by atoms with E-state index in [1.165, 1.54) is 6.92 Å². The monoisotopic (exact) mass is 385 g/mol. The fourth-order valence-electron chi connectivity index (χ4n) is 3.60. The summed E-state index contributed by atoms with van der Waals surface area (Å²) >= 11 is 1.70. The highest BCUT2D eigenvalue weighted by Crippen LogP contribution is 2.31. The van der Waals surface area contributed by atoms with Crippen LogP contribution in [0.3, 0.4) is 0 Å². The maximum Gasteiger partial charge on any atom is 0.253 e. The highest BCUT2D eigenvalue weighted by Gasteiger charge is 2.26. The molecule has 0 spiro atoms. The van der Waals surface area contributed by atoms with Gasteiger partial charge in [0.1, 0.15) is 0 Å². The predicted molar refractivity (Wildman–Crippen MR) is 108 cm³/mol. The zero-order valence-corrected chi connectivity index (χ0v) is 17.1. The Labute approximate surface area is 164 Å². The van der Waals surface area contributed by atoms with Gasteiger partial charge < -0.3 is 10.2 Å². The molecule has 1 aliphatic heterocycles. The summed E-state index contributed by atoms with van der Waals surface area (Å²) in [6.07, 6.45) is 2.67. The molecule has 2 aromatic rings. The van der Waals surface area contributed by atoms with E-state index in [4.69, 9.17) is 4.98 Å². The first kappa shape index (κ1) is 19.5. The Morgan fingerprint density at radius 2 is 1.85 bits per heavy atom. The van der Waals surface area contributed by atoms with Crippen LogP contribution in [0.2, 0.25) is 0 Å². The maximum absolute atomic E-state index is 12.8. The second-order valence-electron chi connectivity index (χ2n) is 7.35. The number of carbonyl (C=O) groups is 2. The lowest BCUT2D eigenvalue weighted by atomic mass is 9.96. The fraction of sp³-hybridized carbons (Fsp3) is 0.476. The number of rotatable bonds is 5. The molecule has 5 nitrogen and oxygen atoms in total. The number of thiazole rings is 1. The summed E-state index contributed by atoms with van der Waals surface area (Å²) in [4.78, 5) is 30.5. The van der Waals surface area contributed by atoms with E-state index in [1.54, 1.807) is 11.3 Å². The quantitative estimate of drug-likeness (QED) is 0.857. The summed E-state index contributed by atoms with van der Waals surface area (Å²) in [7, 11) is 0. The molecule has 0 bridgehead atoms. The van der Waals surface area contributed by atoms with E-state index >= 15 is 0 Å². The maximum atomic E-state index is 12.8. The molecule has 2 amide bonds. The molecular weight excluding hydrogens is 358 g/mol. The largest absolute Gasteiger partial charge is 0.356 e. The zero-order chi connectivity index (χ0) is 19.4. The van der Waals surface area contributed by atoms with Gasteiger partial charge in [-0.15, -0.1) is 11.3 Å². The van der Waals surface area contributed by atoms with E-state index in [9.17, 15) is 9.59 Å². The molecule has 0 atom stereocenters. The lowest BCUT2D eigenvalue weighted by molar-refractivity contribution is -0.118. The molecule has 0 radical (unpaired) electrons. The van der Waals surface area contributed by atoms with E-state index < -0.39 is 0 Å². The van der Waals surface area contributed by atoms with Crippen molar-refractivity contribution in [1.82, 2.24) is 15.2 Å². The van der Waals surface area contributed by atoms with E-state index in [-0.39, 0.29) is 11.8 Å². The Morgan fingerprint density at radius 1 is 1.19 bits per heavy atom. The average Bonchev–Trinajstić information content (AvgIpc) is 3.09. The van der Waals surface area contributed by atoms with Gasteiger partial charge in [0.05, 0.1) is 10.7 Å². The molecule has 3 rings (SSSR count). The molecule has 0 aliphatic carbocycles. The van der Waals surface area contributed by atoms with Crippen LogP contribution in [0.4, 0.5) is 0 Å².